The van der Waals surface area contributed by atoms with Gasteiger partial charge in [-0.2, -0.15) is 15.0 Å². The maximum Gasteiger partial charge on any atom is 0.229 e. The van der Waals surface area contributed by atoms with Crippen LogP contribution in [0.15, 0.2) is 0 Å². The largest absolute Gasteiger partial charge is 0.347 e. The van der Waals surface area contributed by atoms with Crippen molar-refractivity contribution < 1.29 is 0 Å². The average Bonchev–Trinajstić information content (AvgIpc) is 2.39. The van der Waals surface area contributed by atoms with Gasteiger partial charge in [0.25, 0.3) is 0 Å². The number of nitrogens with zero attached hydrogens (tertiary/aromatic N) is 5. The molecule has 0 amide bonds. The van der Waals surface area contributed by atoms with Gasteiger partial charge in [-0.1, -0.05) is 19.8 Å². The van der Waals surface area contributed by atoms with E-state index in [1.807, 2.05) is 38.0 Å². The molecule has 1 aromatic heterocycles. The molecule has 1 aliphatic carbocycles. The Hall–Kier alpha value is -1.39. The Labute approximate surface area is 116 Å². The molecule has 0 bridgehead atoms. The molecule has 0 radical (unpaired) electrons. The number of anilines is 2. The van der Waals surface area contributed by atoms with Crippen molar-refractivity contribution in [3.8, 4) is 0 Å². The van der Waals surface area contributed by atoms with E-state index in [4.69, 9.17) is 0 Å². The van der Waals surface area contributed by atoms with Crippen LogP contribution in [0.25, 0.3) is 0 Å². The Kier molecular flexibility index (Phi) is 4.22. The van der Waals surface area contributed by atoms with Gasteiger partial charge in [-0.3, -0.25) is 0 Å². The molecule has 0 aromatic carbocycles. The standard InChI is InChI=1S/C14H25N5/c1-10-6-8-11(9-7-10)12-15-13(18(2)3)17-14(16-12)19(4)5/h10-11H,6-9H2,1-5H3. The minimum Gasteiger partial charge on any atom is -0.347 e. The summed E-state index contributed by atoms with van der Waals surface area (Å²) in [6.45, 7) is 2.33. The SMILES string of the molecule is CC1CCC(c2nc(N(C)C)nc(N(C)C)n2)CC1. The summed E-state index contributed by atoms with van der Waals surface area (Å²) in [6.07, 6.45) is 4.96. The maximum atomic E-state index is 4.64. The minimum atomic E-state index is 0.497. The van der Waals surface area contributed by atoms with Crippen LogP contribution in [-0.4, -0.2) is 43.1 Å². The summed E-state index contributed by atoms with van der Waals surface area (Å²) in [5.74, 6) is 3.82. The van der Waals surface area contributed by atoms with Crippen LogP contribution in [0.5, 0.6) is 0 Å². The Bertz CT molecular complexity index is 396. The number of rotatable bonds is 3. The normalized spacial score (nSPS) is 23.2. The fourth-order valence-electron chi connectivity index (χ4n) is 2.47. The highest BCUT2D eigenvalue weighted by Crippen LogP contribution is 2.34. The maximum absolute atomic E-state index is 4.64. The minimum absolute atomic E-state index is 0.497. The first-order valence-corrected chi connectivity index (χ1v) is 7.08. The van der Waals surface area contributed by atoms with Crippen molar-refractivity contribution in [3.63, 3.8) is 0 Å². The first kappa shape index (κ1) is 14.0. The molecule has 5 nitrogen and oxygen atoms in total. The van der Waals surface area contributed by atoms with E-state index in [-0.39, 0.29) is 0 Å². The van der Waals surface area contributed by atoms with Crippen LogP contribution >= 0.6 is 0 Å². The Balaban J connectivity index is 2.28. The molecule has 1 aromatic rings. The molecular formula is C14H25N5. The van der Waals surface area contributed by atoms with Gasteiger partial charge in [-0.15, -0.1) is 0 Å². The lowest BCUT2D eigenvalue weighted by molar-refractivity contribution is 0.339. The van der Waals surface area contributed by atoms with E-state index in [0.29, 0.717) is 5.92 Å². The van der Waals surface area contributed by atoms with Gasteiger partial charge in [-0.25, -0.2) is 0 Å². The third-order valence-corrected chi connectivity index (χ3v) is 3.81. The zero-order chi connectivity index (χ0) is 14.0. The molecule has 0 unspecified atom stereocenters. The fraction of sp³-hybridized carbons (Fsp3) is 0.786. The predicted octanol–water partition coefficient (Wildman–Crippen LogP) is 2.30. The summed E-state index contributed by atoms with van der Waals surface area (Å²) in [5, 5.41) is 0. The molecule has 2 rings (SSSR count). The van der Waals surface area contributed by atoms with Gasteiger partial charge in [0.1, 0.15) is 5.82 Å². The summed E-state index contributed by atoms with van der Waals surface area (Å²) in [7, 11) is 7.89. The number of hydrogen-bond acceptors (Lipinski definition) is 5. The molecule has 0 spiro atoms. The first-order chi connectivity index (χ1) is 8.97. The number of hydrogen-bond donors (Lipinski definition) is 0. The van der Waals surface area contributed by atoms with Crippen LogP contribution in [0, 0.1) is 5.92 Å². The van der Waals surface area contributed by atoms with E-state index >= 15 is 0 Å². The van der Waals surface area contributed by atoms with Crippen molar-refractivity contribution in [2.75, 3.05) is 38.0 Å². The highest BCUT2D eigenvalue weighted by molar-refractivity contribution is 5.37. The Morgan fingerprint density at radius 2 is 1.26 bits per heavy atom. The lowest BCUT2D eigenvalue weighted by atomic mass is 9.82. The van der Waals surface area contributed by atoms with Crippen LogP contribution in [0.1, 0.15) is 44.3 Å². The second kappa shape index (κ2) is 5.72. The van der Waals surface area contributed by atoms with Gasteiger partial charge in [-0.05, 0) is 18.8 Å². The van der Waals surface area contributed by atoms with Gasteiger partial charge in [0.15, 0.2) is 0 Å². The predicted molar refractivity (Wildman–Crippen MR) is 78.9 cm³/mol. The lowest BCUT2D eigenvalue weighted by Gasteiger charge is -2.26. The summed E-state index contributed by atoms with van der Waals surface area (Å²) in [5.41, 5.74) is 0. The van der Waals surface area contributed by atoms with Gasteiger partial charge in [0.2, 0.25) is 11.9 Å². The molecule has 0 N–H and O–H groups in total. The highest BCUT2D eigenvalue weighted by Gasteiger charge is 2.23. The second-order valence-corrected chi connectivity index (χ2v) is 6.04. The van der Waals surface area contributed by atoms with Gasteiger partial charge in [0, 0.05) is 34.1 Å². The van der Waals surface area contributed by atoms with Crippen LogP contribution in [0.4, 0.5) is 11.9 Å². The molecule has 106 valence electrons. The Morgan fingerprint density at radius 3 is 1.68 bits per heavy atom. The molecule has 5 heteroatoms. The second-order valence-electron chi connectivity index (χ2n) is 6.04. The van der Waals surface area contributed by atoms with Crippen molar-refractivity contribution in [1.82, 2.24) is 15.0 Å². The van der Waals surface area contributed by atoms with Gasteiger partial charge in [0.05, 0.1) is 0 Å². The molecule has 0 saturated heterocycles. The van der Waals surface area contributed by atoms with E-state index in [1.165, 1.54) is 25.7 Å². The Morgan fingerprint density at radius 1 is 0.789 bits per heavy atom. The van der Waals surface area contributed by atoms with Crippen LogP contribution in [0.2, 0.25) is 0 Å². The van der Waals surface area contributed by atoms with Crippen molar-refractivity contribution in [2.45, 2.75) is 38.5 Å². The van der Waals surface area contributed by atoms with Crippen LogP contribution in [0.3, 0.4) is 0 Å². The number of aromatic nitrogens is 3. The van der Waals surface area contributed by atoms with E-state index < -0.39 is 0 Å². The van der Waals surface area contributed by atoms with Gasteiger partial charge >= 0.3 is 0 Å². The van der Waals surface area contributed by atoms with E-state index in [0.717, 1.165) is 23.6 Å². The zero-order valence-electron chi connectivity index (χ0n) is 12.7. The van der Waals surface area contributed by atoms with E-state index in [9.17, 15) is 0 Å². The monoisotopic (exact) mass is 263 g/mol. The van der Waals surface area contributed by atoms with Crippen molar-refractivity contribution in [2.24, 2.45) is 5.92 Å². The third kappa shape index (κ3) is 3.33. The molecule has 0 atom stereocenters. The van der Waals surface area contributed by atoms with Crippen LogP contribution < -0.4 is 9.80 Å². The van der Waals surface area contributed by atoms with E-state index in [2.05, 4.69) is 21.9 Å². The van der Waals surface area contributed by atoms with Gasteiger partial charge < -0.3 is 9.80 Å². The first-order valence-electron chi connectivity index (χ1n) is 7.08. The molecule has 19 heavy (non-hydrogen) atoms. The fourth-order valence-corrected chi connectivity index (χ4v) is 2.47. The molecule has 1 saturated carbocycles. The molecular weight excluding hydrogens is 238 g/mol. The summed E-state index contributed by atoms with van der Waals surface area (Å²) in [6, 6.07) is 0. The summed E-state index contributed by atoms with van der Waals surface area (Å²) in [4.78, 5) is 17.7. The summed E-state index contributed by atoms with van der Waals surface area (Å²) >= 11 is 0. The van der Waals surface area contributed by atoms with Crippen molar-refractivity contribution >= 4 is 11.9 Å². The van der Waals surface area contributed by atoms with Crippen LogP contribution in [-0.2, 0) is 0 Å². The average molecular weight is 263 g/mol. The molecule has 1 fully saturated rings. The van der Waals surface area contributed by atoms with Crippen molar-refractivity contribution in [1.29, 1.82) is 0 Å². The van der Waals surface area contributed by atoms with E-state index in [1.54, 1.807) is 0 Å². The topological polar surface area (TPSA) is 45.2 Å². The zero-order valence-corrected chi connectivity index (χ0v) is 12.7. The summed E-state index contributed by atoms with van der Waals surface area (Å²) < 4.78 is 0. The molecule has 1 heterocycles. The quantitative estimate of drug-likeness (QED) is 0.837. The smallest absolute Gasteiger partial charge is 0.229 e. The third-order valence-electron chi connectivity index (χ3n) is 3.81. The molecule has 0 aliphatic heterocycles. The lowest BCUT2D eigenvalue weighted by Crippen LogP contribution is -2.22. The highest BCUT2D eigenvalue weighted by atomic mass is 15.3. The van der Waals surface area contributed by atoms with Crippen molar-refractivity contribution in [3.05, 3.63) is 5.82 Å². The molecule has 1 aliphatic rings.